The van der Waals surface area contributed by atoms with E-state index in [4.69, 9.17) is 0 Å². The Kier molecular flexibility index (Phi) is 2.56. The van der Waals surface area contributed by atoms with Crippen molar-refractivity contribution in [3.8, 4) is 0 Å². The van der Waals surface area contributed by atoms with Crippen LogP contribution in [0.1, 0.15) is 21.6 Å². The highest BCUT2D eigenvalue weighted by molar-refractivity contribution is 6.07. The minimum Gasteiger partial charge on any atom is -0.287 e. The molecule has 0 aliphatic carbocycles. The number of aromatic nitrogens is 2. The van der Waals surface area contributed by atoms with Crippen LogP contribution in [0.25, 0.3) is 0 Å². The normalized spacial score (nSPS) is 10.4. The number of rotatable bonds is 2. The van der Waals surface area contributed by atoms with Crippen molar-refractivity contribution in [1.29, 1.82) is 0 Å². The molecule has 0 fully saturated rings. The van der Waals surface area contributed by atoms with Gasteiger partial charge in [-0.15, -0.1) is 0 Å². The number of carbonyl (C=O) groups is 1. The van der Waals surface area contributed by atoms with Crippen molar-refractivity contribution in [3.05, 3.63) is 53.1 Å². The SMILES string of the molecule is Cc1ccc(C(=O)c2ccnn2C)cc1F. The number of halogens is 1. The minimum absolute atomic E-state index is 0.223. The first-order valence-corrected chi connectivity index (χ1v) is 4.88. The van der Waals surface area contributed by atoms with Crippen molar-refractivity contribution in [1.82, 2.24) is 9.78 Å². The highest BCUT2D eigenvalue weighted by Gasteiger charge is 2.13. The van der Waals surface area contributed by atoms with Gasteiger partial charge in [0.2, 0.25) is 5.78 Å². The number of benzene rings is 1. The average Bonchev–Trinajstić information content (AvgIpc) is 2.67. The zero-order chi connectivity index (χ0) is 11.7. The van der Waals surface area contributed by atoms with Crippen LogP contribution in [0, 0.1) is 12.7 Å². The molecule has 82 valence electrons. The van der Waals surface area contributed by atoms with Crippen LogP contribution in [-0.2, 0) is 7.05 Å². The number of hydrogen-bond donors (Lipinski definition) is 0. The summed E-state index contributed by atoms with van der Waals surface area (Å²) >= 11 is 0. The van der Waals surface area contributed by atoms with E-state index >= 15 is 0 Å². The van der Waals surface area contributed by atoms with Gasteiger partial charge in [0, 0.05) is 18.8 Å². The van der Waals surface area contributed by atoms with Crippen molar-refractivity contribution in [2.24, 2.45) is 7.05 Å². The third-order valence-corrected chi connectivity index (χ3v) is 2.49. The maximum absolute atomic E-state index is 13.3. The molecule has 1 aromatic heterocycles. The van der Waals surface area contributed by atoms with Crippen LogP contribution < -0.4 is 0 Å². The number of ketones is 1. The summed E-state index contributed by atoms with van der Waals surface area (Å²) in [6, 6.07) is 6.08. The summed E-state index contributed by atoms with van der Waals surface area (Å²) in [5, 5.41) is 3.91. The molecule has 2 rings (SSSR count). The van der Waals surface area contributed by atoms with Gasteiger partial charge < -0.3 is 0 Å². The van der Waals surface area contributed by atoms with Crippen molar-refractivity contribution in [3.63, 3.8) is 0 Å². The molecule has 0 spiro atoms. The molecule has 4 heteroatoms. The van der Waals surface area contributed by atoms with Gasteiger partial charge in [-0.05, 0) is 24.6 Å². The second kappa shape index (κ2) is 3.89. The lowest BCUT2D eigenvalue weighted by Crippen LogP contribution is -2.08. The van der Waals surface area contributed by atoms with Crippen LogP contribution in [0.15, 0.2) is 30.5 Å². The lowest BCUT2D eigenvalue weighted by molar-refractivity contribution is 0.103. The topological polar surface area (TPSA) is 34.9 Å². The van der Waals surface area contributed by atoms with Gasteiger partial charge in [0.1, 0.15) is 11.5 Å². The molecule has 3 nitrogen and oxygen atoms in total. The summed E-state index contributed by atoms with van der Waals surface area (Å²) in [4.78, 5) is 12.0. The molecule has 0 N–H and O–H groups in total. The molecule has 0 aliphatic heterocycles. The van der Waals surface area contributed by atoms with Gasteiger partial charge in [0.15, 0.2) is 0 Å². The van der Waals surface area contributed by atoms with E-state index in [1.165, 1.54) is 16.9 Å². The van der Waals surface area contributed by atoms with Crippen LogP contribution in [0.3, 0.4) is 0 Å². The molecule has 16 heavy (non-hydrogen) atoms. The molecule has 0 saturated carbocycles. The van der Waals surface area contributed by atoms with Gasteiger partial charge in [0.25, 0.3) is 0 Å². The van der Waals surface area contributed by atoms with E-state index < -0.39 is 0 Å². The Morgan fingerprint density at radius 1 is 1.38 bits per heavy atom. The van der Waals surface area contributed by atoms with E-state index in [-0.39, 0.29) is 11.6 Å². The summed E-state index contributed by atoms with van der Waals surface area (Å²) in [5.41, 5.74) is 1.32. The van der Waals surface area contributed by atoms with E-state index in [0.717, 1.165) is 0 Å². The summed E-state index contributed by atoms with van der Waals surface area (Å²) in [7, 11) is 1.68. The smallest absolute Gasteiger partial charge is 0.211 e. The summed E-state index contributed by atoms with van der Waals surface area (Å²) in [6.07, 6.45) is 1.54. The summed E-state index contributed by atoms with van der Waals surface area (Å²) < 4.78 is 14.8. The highest BCUT2D eigenvalue weighted by Crippen LogP contribution is 2.13. The zero-order valence-corrected chi connectivity index (χ0v) is 9.07. The number of nitrogens with zero attached hydrogens (tertiary/aromatic N) is 2. The molecule has 1 aromatic carbocycles. The number of hydrogen-bond acceptors (Lipinski definition) is 2. The monoisotopic (exact) mass is 218 g/mol. The van der Waals surface area contributed by atoms with E-state index in [1.807, 2.05) is 0 Å². The maximum Gasteiger partial charge on any atom is 0.211 e. The molecule has 0 unspecified atom stereocenters. The van der Waals surface area contributed by atoms with Gasteiger partial charge in [-0.3, -0.25) is 9.48 Å². The lowest BCUT2D eigenvalue weighted by Gasteiger charge is -2.03. The van der Waals surface area contributed by atoms with Crippen LogP contribution in [0.5, 0.6) is 0 Å². The second-order valence-corrected chi connectivity index (χ2v) is 3.63. The Bertz CT molecular complexity index is 546. The van der Waals surface area contributed by atoms with Gasteiger partial charge in [-0.2, -0.15) is 5.10 Å². The van der Waals surface area contributed by atoms with Crippen molar-refractivity contribution in [2.45, 2.75) is 6.92 Å². The lowest BCUT2D eigenvalue weighted by atomic mass is 10.1. The first-order valence-electron chi connectivity index (χ1n) is 4.88. The predicted molar refractivity (Wildman–Crippen MR) is 57.8 cm³/mol. The molecule has 0 aliphatic rings. The number of carbonyl (C=O) groups excluding carboxylic acids is 1. The third kappa shape index (κ3) is 1.74. The van der Waals surface area contributed by atoms with Gasteiger partial charge in [-0.25, -0.2) is 4.39 Å². The molecule has 1 heterocycles. The van der Waals surface area contributed by atoms with Crippen LogP contribution >= 0.6 is 0 Å². The summed E-state index contributed by atoms with van der Waals surface area (Å²) in [5.74, 6) is -0.591. The maximum atomic E-state index is 13.3. The Hall–Kier alpha value is -1.97. The summed E-state index contributed by atoms with van der Waals surface area (Å²) in [6.45, 7) is 1.66. The Balaban J connectivity index is 2.42. The van der Waals surface area contributed by atoms with Gasteiger partial charge >= 0.3 is 0 Å². The molecular formula is C12H11FN2O. The fraction of sp³-hybridized carbons (Fsp3) is 0.167. The van der Waals surface area contributed by atoms with E-state index in [2.05, 4.69) is 5.10 Å². The fourth-order valence-electron chi connectivity index (χ4n) is 1.48. The third-order valence-electron chi connectivity index (χ3n) is 2.49. The van der Waals surface area contributed by atoms with E-state index in [1.54, 1.807) is 32.2 Å². The zero-order valence-electron chi connectivity index (χ0n) is 9.07. The largest absolute Gasteiger partial charge is 0.287 e. The highest BCUT2D eigenvalue weighted by atomic mass is 19.1. The van der Waals surface area contributed by atoms with Gasteiger partial charge in [-0.1, -0.05) is 12.1 Å². The Morgan fingerprint density at radius 2 is 2.12 bits per heavy atom. The number of aryl methyl sites for hydroxylation is 2. The molecular weight excluding hydrogens is 207 g/mol. The molecule has 0 saturated heterocycles. The molecule has 0 radical (unpaired) electrons. The molecule has 2 aromatic rings. The molecule has 0 amide bonds. The van der Waals surface area contributed by atoms with Crippen molar-refractivity contribution >= 4 is 5.78 Å². The van der Waals surface area contributed by atoms with Crippen LogP contribution in [-0.4, -0.2) is 15.6 Å². The van der Waals surface area contributed by atoms with E-state index in [0.29, 0.717) is 16.8 Å². The van der Waals surface area contributed by atoms with Gasteiger partial charge in [0.05, 0.1) is 0 Å². The molecule has 0 atom stereocenters. The molecule has 0 bridgehead atoms. The van der Waals surface area contributed by atoms with Crippen LogP contribution in [0.2, 0.25) is 0 Å². The Morgan fingerprint density at radius 3 is 2.69 bits per heavy atom. The standard InChI is InChI=1S/C12H11FN2O/c1-8-3-4-9(7-10(8)13)12(16)11-5-6-14-15(11)2/h3-7H,1-2H3. The Labute approximate surface area is 92.5 Å². The first kappa shape index (κ1) is 10.5. The fourth-order valence-corrected chi connectivity index (χ4v) is 1.48. The van der Waals surface area contributed by atoms with Crippen molar-refractivity contribution < 1.29 is 9.18 Å². The predicted octanol–water partition coefficient (Wildman–Crippen LogP) is 2.10. The quantitative estimate of drug-likeness (QED) is 0.723. The van der Waals surface area contributed by atoms with E-state index in [9.17, 15) is 9.18 Å². The van der Waals surface area contributed by atoms with Crippen molar-refractivity contribution in [2.75, 3.05) is 0 Å². The first-order chi connectivity index (χ1) is 7.59. The second-order valence-electron chi connectivity index (χ2n) is 3.63. The van der Waals surface area contributed by atoms with Crippen LogP contribution in [0.4, 0.5) is 4.39 Å². The average molecular weight is 218 g/mol. The minimum atomic E-state index is -0.368.